The first-order chi connectivity index (χ1) is 8.36. The molecule has 0 saturated heterocycles. The van der Waals surface area contributed by atoms with E-state index in [0.29, 0.717) is 5.41 Å². The van der Waals surface area contributed by atoms with Gasteiger partial charge in [0.2, 0.25) is 0 Å². The molecule has 18 heavy (non-hydrogen) atoms. The van der Waals surface area contributed by atoms with Crippen molar-refractivity contribution in [3.8, 4) is 0 Å². The fraction of sp³-hybridized carbons (Fsp3) is 0.944. The molecule has 0 rings (SSSR count). The summed E-state index contributed by atoms with van der Waals surface area (Å²) in [6.45, 7) is 18.5. The van der Waals surface area contributed by atoms with Gasteiger partial charge in [-0.25, -0.2) is 0 Å². The number of hydrogen-bond donors (Lipinski definition) is 0. The van der Waals surface area contributed by atoms with Gasteiger partial charge < -0.3 is 0 Å². The van der Waals surface area contributed by atoms with Crippen LogP contribution in [-0.2, 0) is 0 Å². The van der Waals surface area contributed by atoms with Crippen LogP contribution in [0, 0.1) is 30.1 Å². The first-order valence-electron chi connectivity index (χ1n) is 8.21. The monoisotopic (exact) mass is 253 g/mol. The Hall–Kier alpha value is 0. The average molecular weight is 253 g/mol. The molecule has 1 radical (unpaired) electrons. The maximum absolute atomic E-state index is 4.34. The van der Waals surface area contributed by atoms with Crippen molar-refractivity contribution in [2.75, 3.05) is 0 Å². The van der Waals surface area contributed by atoms with Crippen molar-refractivity contribution < 1.29 is 0 Å². The van der Waals surface area contributed by atoms with Gasteiger partial charge in [0.25, 0.3) is 0 Å². The summed E-state index contributed by atoms with van der Waals surface area (Å²) in [7, 11) is 0. The third-order valence-electron chi connectivity index (χ3n) is 4.86. The second-order valence-corrected chi connectivity index (χ2v) is 6.98. The molecule has 0 heterocycles. The van der Waals surface area contributed by atoms with Crippen LogP contribution in [0.25, 0.3) is 0 Å². The van der Waals surface area contributed by atoms with Crippen molar-refractivity contribution in [1.82, 2.24) is 0 Å². The van der Waals surface area contributed by atoms with Gasteiger partial charge in [0.1, 0.15) is 0 Å². The highest BCUT2D eigenvalue weighted by atomic mass is 14.3. The van der Waals surface area contributed by atoms with E-state index < -0.39 is 0 Å². The van der Waals surface area contributed by atoms with Crippen LogP contribution in [0.4, 0.5) is 0 Å². The van der Waals surface area contributed by atoms with Crippen molar-refractivity contribution >= 4 is 0 Å². The van der Waals surface area contributed by atoms with Gasteiger partial charge in [-0.05, 0) is 49.4 Å². The molecule has 0 saturated carbocycles. The van der Waals surface area contributed by atoms with Crippen LogP contribution in [0.5, 0.6) is 0 Å². The highest BCUT2D eigenvalue weighted by molar-refractivity contribution is 4.78. The Kier molecular flexibility index (Phi) is 8.99. The first-order valence-corrected chi connectivity index (χ1v) is 8.21. The molecule has 0 N–H and O–H groups in total. The molecular weight excluding hydrogens is 216 g/mol. The highest BCUT2D eigenvalue weighted by Crippen LogP contribution is 2.33. The van der Waals surface area contributed by atoms with E-state index in [9.17, 15) is 0 Å². The first kappa shape index (κ1) is 18.0. The molecule has 0 fully saturated rings. The molecule has 0 amide bonds. The summed E-state index contributed by atoms with van der Waals surface area (Å²) in [6, 6.07) is 0. The molecule has 0 aliphatic heterocycles. The van der Waals surface area contributed by atoms with Crippen LogP contribution in [0.3, 0.4) is 0 Å². The quantitative estimate of drug-likeness (QED) is 0.416. The molecule has 0 spiro atoms. The molecule has 0 aromatic heterocycles. The Balaban J connectivity index is 4.15. The van der Waals surface area contributed by atoms with Crippen LogP contribution < -0.4 is 0 Å². The highest BCUT2D eigenvalue weighted by Gasteiger charge is 2.22. The summed E-state index contributed by atoms with van der Waals surface area (Å²) in [5.41, 5.74) is 0.294. The lowest BCUT2D eigenvalue weighted by Gasteiger charge is -2.29. The zero-order valence-electron chi connectivity index (χ0n) is 13.9. The van der Waals surface area contributed by atoms with Crippen LogP contribution in [0.2, 0.25) is 0 Å². The van der Waals surface area contributed by atoms with Gasteiger partial charge in [0.15, 0.2) is 0 Å². The molecule has 0 aliphatic carbocycles. The fourth-order valence-corrected chi connectivity index (χ4v) is 3.04. The van der Waals surface area contributed by atoms with Gasteiger partial charge in [-0.15, -0.1) is 0 Å². The zero-order valence-corrected chi connectivity index (χ0v) is 13.9. The maximum atomic E-state index is 4.34. The van der Waals surface area contributed by atoms with E-state index in [2.05, 4.69) is 48.5 Å². The van der Waals surface area contributed by atoms with Crippen LogP contribution in [0.1, 0.15) is 86.5 Å². The van der Waals surface area contributed by atoms with Gasteiger partial charge >= 0.3 is 0 Å². The lowest BCUT2D eigenvalue weighted by Crippen LogP contribution is -2.18. The Bertz CT molecular complexity index is 192. The summed E-state index contributed by atoms with van der Waals surface area (Å²) in [6.07, 6.45) is 9.31. The van der Waals surface area contributed by atoms with Gasteiger partial charge in [-0.2, -0.15) is 0 Å². The summed E-state index contributed by atoms with van der Waals surface area (Å²) < 4.78 is 0. The molecule has 109 valence electrons. The number of hydrogen-bond acceptors (Lipinski definition) is 0. The number of rotatable bonds is 10. The van der Waals surface area contributed by atoms with Crippen molar-refractivity contribution in [2.24, 2.45) is 23.2 Å². The normalized spacial score (nSPS) is 17.5. The van der Waals surface area contributed by atoms with E-state index in [1.165, 1.54) is 44.9 Å². The summed E-state index contributed by atoms with van der Waals surface area (Å²) in [5.74, 6) is 2.68. The summed E-state index contributed by atoms with van der Waals surface area (Å²) in [5, 5.41) is 0. The maximum Gasteiger partial charge on any atom is -0.0328 e. The predicted molar refractivity (Wildman–Crippen MR) is 84.6 cm³/mol. The average Bonchev–Trinajstić information content (AvgIpc) is 2.29. The Morgan fingerprint density at radius 1 is 1.06 bits per heavy atom. The third-order valence-corrected chi connectivity index (χ3v) is 4.86. The van der Waals surface area contributed by atoms with Crippen LogP contribution >= 0.6 is 0 Å². The van der Waals surface area contributed by atoms with Crippen molar-refractivity contribution in [2.45, 2.75) is 86.5 Å². The molecule has 4 unspecified atom stereocenters. The van der Waals surface area contributed by atoms with Crippen molar-refractivity contribution in [1.29, 1.82) is 0 Å². The molecule has 0 bridgehead atoms. The van der Waals surface area contributed by atoms with Crippen molar-refractivity contribution in [3.63, 3.8) is 0 Å². The molecule has 0 aromatic rings. The van der Waals surface area contributed by atoms with E-state index in [1.54, 1.807) is 0 Å². The van der Waals surface area contributed by atoms with Crippen molar-refractivity contribution in [3.05, 3.63) is 6.92 Å². The minimum absolute atomic E-state index is 0.294. The minimum atomic E-state index is 0.294. The van der Waals surface area contributed by atoms with Gasteiger partial charge in [0, 0.05) is 0 Å². The summed E-state index contributed by atoms with van der Waals surface area (Å²) in [4.78, 5) is 0. The predicted octanol–water partition coefficient (Wildman–Crippen LogP) is 6.51. The minimum Gasteiger partial charge on any atom is -0.0654 e. The SMILES string of the molecule is [CH2]C(C)(CC)CCC(CC)C(C)CC(C)CCC. The molecular formula is C18H37. The van der Waals surface area contributed by atoms with E-state index >= 15 is 0 Å². The Morgan fingerprint density at radius 3 is 2.11 bits per heavy atom. The van der Waals surface area contributed by atoms with E-state index in [0.717, 1.165) is 17.8 Å². The van der Waals surface area contributed by atoms with Crippen LogP contribution in [0.15, 0.2) is 0 Å². The standard InChI is InChI=1S/C18H37/c1-8-11-15(4)14-16(5)17(9-2)12-13-18(6,7)10-3/h15-17H,6,8-14H2,1-5,7H3. The second-order valence-electron chi connectivity index (χ2n) is 6.98. The third kappa shape index (κ3) is 7.44. The lowest BCUT2D eigenvalue weighted by molar-refractivity contribution is 0.232. The van der Waals surface area contributed by atoms with Gasteiger partial charge in [-0.1, -0.05) is 67.2 Å². The summed E-state index contributed by atoms with van der Waals surface area (Å²) >= 11 is 0. The zero-order chi connectivity index (χ0) is 14.2. The van der Waals surface area contributed by atoms with E-state index in [-0.39, 0.29) is 0 Å². The molecule has 0 aromatic carbocycles. The topological polar surface area (TPSA) is 0 Å². The molecule has 4 atom stereocenters. The van der Waals surface area contributed by atoms with E-state index in [1.807, 2.05) is 0 Å². The fourth-order valence-electron chi connectivity index (χ4n) is 3.04. The van der Waals surface area contributed by atoms with Gasteiger partial charge in [-0.3, -0.25) is 0 Å². The lowest BCUT2D eigenvalue weighted by atomic mass is 9.76. The van der Waals surface area contributed by atoms with Crippen LogP contribution in [-0.4, -0.2) is 0 Å². The largest absolute Gasteiger partial charge is 0.0654 e. The Morgan fingerprint density at radius 2 is 1.67 bits per heavy atom. The molecule has 0 heteroatoms. The van der Waals surface area contributed by atoms with Gasteiger partial charge in [0.05, 0.1) is 0 Å². The smallest absolute Gasteiger partial charge is 0.0328 e. The van der Waals surface area contributed by atoms with E-state index in [4.69, 9.17) is 0 Å². The second kappa shape index (κ2) is 8.99. The molecule has 0 aliphatic rings. The Labute approximate surface area is 117 Å². The molecule has 0 nitrogen and oxygen atoms in total.